The maximum absolute atomic E-state index is 13.7. The maximum Gasteiger partial charge on any atom is 0.126 e. The first-order valence-electron chi connectivity index (χ1n) is 8.67. The van der Waals surface area contributed by atoms with Gasteiger partial charge in [-0.15, -0.1) is 0 Å². The van der Waals surface area contributed by atoms with Gasteiger partial charge in [-0.3, -0.25) is 4.98 Å². The molecule has 0 fully saturated rings. The molecule has 0 bridgehead atoms. The van der Waals surface area contributed by atoms with Crippen LogP contribution in [0.25, 0.3) is 22.0 Å². The standard InChI is InChI=1S/C23H19FN2/c1-15-13-18(6-9-21(15)24)16(2)20(8-5-17-3-4-17)23-10-7-19-14-25-12-11-22(19)26-23/h3-14,17H,1-2H3/b8-5-,20-16-. The van der Waals surface area contributed by atoms with Crippen LogP contribution in [0.4, 0.5) is 4.39 Å². The van der Waals surface area contributed by atoms with E-state index in [1.165, 1.54) is 6.07 Å². The molecule has 0 unspecified atom stereocenters. The Bertz CT molecular complexity index is 1070. The summed E-state index contributed by atoms with van der Waals surface area (Å²) in [5, 5.41) is 1.01. The van der Waals surface area contributed by atoms with Crippen LogP contribution in [0.2, 0.25) is 0 Å². The molecule has 1 aliphatic rings. The molecule has 0 aliphatic heterocycles. The number of rotatable bonds is 4. The first-order valence-corrected chi connectivity index (χ1v) is 8.67. The van der Waals surface area contributed by atoms with E-state index in [9.17, 15) is 4.39 Å². The van der Waals surface area contributed by atoms with Crippen LogP contribution >= 0.6 is 0 Å². The third kappa shape index (κ3) is 3.33. The summed E-state index contributed by atoms with van der Waals surface area (Å²) in [6, 6.07) is 11.2. The number of allylic oxidation sites excluding steroid dienone is 6. The topological polar surface area (TPSA) is 25.8 Å². The quantitative estimate of drug-likeness (QED) is 0.445. The molecule has 26 heavy (non-hydrogen) atoms. The molecule has 0 radical (unpaired) electrons. The number of pyridine rings is 2. The van der Waals surface area contributed by atoms with Gasteiger partial charge in [0.15, 0.2) is 0 Å². The average molecular weight is 342 g/mol. The third-order valence-electron chi connectivity index (χ3n) is 4.66. The van der Waals surface area contributed by atoms with E-state index in [1.807, 2.05) is 36.5 Å². The fourth-order valence-electron chi connectivity index (χ4n) is 2.95. The Morgan fingerprint density at radius 1 is 1.12 bits per heavy atom. The van der Waals surface area contributed by atoms with Gasteiger partial charge in [0.25, 0.3) is 0 Å². The predicted molar refractivity (Wildman–Crippen MR) is 105 cm³/mol. The SMILES string of the molecule is C/C(=C(\C=C/C1C=C1)c1ccc2cnccc2n1)c1ccc(F)c(C)c1. The lowest BCUT2D eigenvalue weighted by atomic mass is 9.96. The molecule has 128 valence electrons. The highest BCUT2D eigenvalue weighted by atomic mass is 19.1. The van der Waals surface area contributed by atoms with Gasteiger partial charge in [0.05, 0.1) is 11.2 Å². The Balaban J connectivity index is 1.85. The molecule has 2 nitrogen and oxygen atoms in total. The third-order valence-corrected chi connectivity index (χ3v) is 4.66. The van der Waals surface area contributed by atoms with E-state index in [4.69, 9.17) is 4.98 Å². The van der Waals surface area contributed by atoms with Crippen LogP contribution < -0.4 is 0 Å². The molecule has 1 aliphatic carbocycles. The summed E-state index contributed by atoms with van der Waals surface area (Å²) >= 11 is 0. The van der Waals surface area contributed by atoms with E-state index >= 15 is 0 Å². The van der Waals surface area contributed by atoms with Gasteiger partial charge in [-0.1, -0.05) is 30.4 Å². The minimum absolute atomic E-state index is 0.183. The van der Waals surface area contributed by atoms with E-state index < -0.39 is 0 Å². The average Bonchev–Trinajstić information content (AvgIpc) is 3.48. The van der Waals surface area contributed by atoms with Gasteiger partial charge in [-0.25, -0.2) is 9.37 Å². The van der Waals surface area contributed by atoms with Crippen molar-refractivity contribution in [1.29, 1.82) is 0 Å². The first kappa shape index (κ1) is 16.4. The van der Waals surface area contributed by atoms with Crippen molar-refractivity contribution in [1.82, 2.24) is 9.97 Å². The van der Waals surface area contributed by atoms with Crippen molar-refractivity contribution in [2.45, 2.75) is 13.8 Å². The van der Waals surface area contributed by atoms with Gasteiger partial charge in [0, 0.05) is 29.3 Å². The van der Waals surface area contributed by atoms with Crippen LogP contribution in [0.3, 0.4) is 0 Å². The second-order valence-corrected chi connectivity index (χ2v) is 6.59. The molecule has 0 amide bonds. The van der Waals surface area contributed by atoms with Crippen LogP contribution in [-0.2, 0) is 0 Å². The summed E-state index contributed by atoms with van der Waals surface area (Å²) in [4.78, 5) is 8.96. The van der Waals surface area contributed by atoms with Crippen molar-refractivity contribution in [3.05, 3.63) is 95.7 Å². The zero-order chi connectivity index (χ0) is 18.1. The zero-order valence-corrected chi connectivity index (χ0v) is 14.8. The minimum atomic E-state index is -0.183. The summed E-state index contributed by atoms with van der Waals surface area (Å²) in [5.41, 5.74) is 5.58. The molecule has 1 aromatic carbocycles. The molecule has 4 rings (SSSR count). The molecule has 0 saturated heterocycles. The van der Waals surface area contributed by atoms with Crippen LogP contribution in [0.1, 0.15) is 23.7 Å². The van der Waals surface area contributed by atoms with Gasteiger partial charge in [0.2, 0.25) is 0 Å². The van der Waals surface area contributed by atoms with Crippen molar-refractivity contribution < 1.29 is 4.39 Å². The van der Waals surface area contributed by atoms with Crippen molar-refractivity contribution in [3.8, 4) is 0 Å². The van der Waals surface area contributed by atoms with E-state index in [1.54, 1.807) is 13.1 Å². The normalized spacial score (nSPS) is 14.9. The van der Waals surface area contributed by atoms with E-state index in [2.05, 4.69) is 36.2 Å². The van der Waals surface area contributed by atoms with Crippen LogP contribution in [-0.4, -0.2) is 9.97 Å². The Labute approximate surface area is 152 Å². The molecule has 0 spiro atoms. The summed E-state index contributed by atoms with van der Waals surface area (Å²) in [7, 11) is 0. The lowest BCUT2D eigenvalue weighted by Gasteiger charge is -2.11. The summed E-state index contributed by atoms with van der Waals surface area (Å²) < 4.78 is 13.7. The number of hydrogen-bond donors (Lipinski definition) is 0. The fourth-order valence-corrected chi connectivity index (χ4v) is 2.95. The summed E-state index contributed by atoms with van der Waals surface area (Å²) in [6.45, 7) is 3.85. The van der Waals surface area contributed by atoms with Crippen molar-refractivity contribution in [2.24, 2.45) is 5.92 Å². The minimum Gasteiger partial charge on any atom is -0.264 e. The molecular formula is C23H19FN2. The Hall–Kier alpha value is -3.07. The Morgan fingerprint density at radius 2 is 1.96 bits per heavy atom. The number of fused-ring (bicyclic) bond motifs is 1. The number of benzene rings is 1. The van der Waals surface area contributed by atoms with Gasteiger partial charge < -0.3 is 0 Å². The molecule has 0 saturated carbocycles. The molecule has 2 heterocycles. The number of hydrogen-bond acceptors (Lipinski definition) is 2. The van der Waals surface area contributed by atoms with Crippen molar-refractivity contribution >= 4 is 22.0 Å². The number of aryl methyl sites for hydroxylation is 1. The van der Waals surface area contributed by atoms with E-state index in [-0.39, 0.29) is 5.82 Å². The van der Waals surface area contributed by atoms with Crippen LogP contribution in [0.15, 0.2) is 73.1 Å². The van der Waals surface area contributed by atoms with Crippen LogP contribution in [0.5, 0.6) is 0 Å². The predicted octanol–water partition coefficient (Wildman–Crippen LogP) is 5.75. The first-order chi connectivity index (χ1) is 12.6. The van der Waals surface area contributed by atoms with Gasteiger partial charge in [0.1, 0.15) is 5.82 Å². The Kier molecular flexibility index (Phi) is 4.21. The monoisotopic (exact) mass is 342 g/mol. The molecule has 3 aromatic rings. The van der Waals surface area contributed by atoms with E-state index in [0.717, 1.165) is 33.3 Å². The zero-order valence-electron chi connectivity index (χ0n) is 14.8. The summed E-state index contributed by atoms with van der Waals surface area (Å²) in [5.74, 6) is 0.245. The molecule has 3 heteroatoms. The van der Waals surface area contributed by atoms with Crippen LogP contribution in [0, 0.1) is 18.7 Å². The fraction of sp³-hybridized carbons (Fsp3) is 0.130. The summed E-state index contributed by atoms with van der Waals surface area (Å²) in [6.07, 6.45) is 12.1. The maximum atomic E-state index is 13.7. The number of halogens is 1. The molecule has 0 atom stereocenters. The van der Waals surface area contributed by atoms with Crippen molar-refractivity contribution in [2.75, 3.05) is 0 Å². The molecule has 0 N–H and O–H groups in total. The van der Waals surface area contributed by atoms with Gasteiger partial charge in [-0.05, 0) is 60.9 Å². The van der Waals surface area contributed by atoms with Gasteiger partial charge >= 0.3 is 0 Å². The smallest absolute Gasteiger partial charge is 0.126 e. The molecular weight excluding hydrogens is 323 g/mol. The van der Waals surface area contributed by atoms with Crippen molar-refractivity contribution in [3.63, 3.8) is 0 Å². The number of nitrogens with zero attached hydrogens (tertiary/aromatic N) is 2. The largest absolute Gasteiger partial charge is 0.264 e. The highest BCUT2D eigenvalue weighted by Gasteiger charge is 2.11. The second kappa shape index (κ2) is 6.68. The lowest BCUT2D eigenvalue weighted by Crippen LogP contribution is -1.94. The number of aromatic nitrogens is 2. The highest BCUT2D eigenvalue weighted by Crippen LogP contribution is 2.30. The van der Waals surface area contributed by atoms with Gasteiger partial charge in [-0.2, -0.15) is 0 Å². The second-order valence-electron chi connectivity index (χ2n) is 6.59. The molecule has 2 aromatic heterocycles. The lowest BCUT2D eigenvalue weighted by molar-refractivity contribution is 0.618. The van der Waals surface area contributed by atoms with E-state index in [0.29, 0.717) is 11.5 Å². The highest BCUT2D eigenvalue weighted by molar-refractivity contribution is 5.95. The Morgan fingerprint density at radius 3 is 2.73 bits per heavy atom.